The molecule has 2 fully saturated rings. The molecule has 1 aliphatic heterocycles. The van der Waals surface area contributed by atoms with E-state index in [4.69, 9.17) is 0 Å². The predicted octanol–water partition coefficient (Wildman–Crippen LogP) is 3.76. The van der Waals surface area contributed by atoms with Gasteiger partial charge in [0.1, 0.15) is 0 Å². The van der Waals surface area contributed by atoms with Crippen LogP contribution in [0, 0.1) is 5.41 Å². The maximum atomic E-state index is 13.0. The first-order valence-corrected chi connectivity index (χ1v) is 8.20. The molecule has 1 N–H and O–H groups in total. The quantitative estimate of drug-likeness (QED) is 0.917. The average Bonchev–Trinajstić information content (AvgIpc) is 3.19. The molecule has 1 aliphatic carbocycles. The molecule has 1 saturated carbocycles. The summed E-state index contributed by atoms with van der Waals surface area (Å²) < 4.78 is 0. The molecule has 1 aromatic carbocycles. The van der Waals surface area contributed by atoms with Gasteiger partial charge in [-0.15, -0.1) is 0 Å². The zero-order valence-corrected chi connectivity index (χ0v) is 12.7. The van der Waals surface area contributed by atoms with E-state index in [1.54, 1.807) is 0 Å². The average molecular weight is 295 g/mol. The highest BCUT2D eigenvalue weighted by Crippen LogP contribution is 2.46. The van der Waals surface area contributed by atoms with Gasteiger partial charge in [0.15, 0.2) is 0 Å². The number of hydrogen-bond acceptors (Lipinski definition) is 2. The van der Waals surface area contributed by atoms with Crippen LogP contribution in [0.25, 0.3) is 11.1 Å². The predicted molar refractivity (Wildman–Crippen MR) is 86.5 cm³/mol. The summed E-state index contributed by atoms with van der Waals surface area (Å²) in [5.74, 6) is 0.344. The smallest absolute Gasteiger partial charge is 0.233 e. The standard InChI is InChI=1S/C18H21N3O/c22-17-18(7-2-1-3-8-18)9-10-21(17)16-6-4-5-14(11-16)15-12-19-20-13-15/h4-6,11-13H,1-3,7-10H2,(H,19,20). The van der Waals surface area contributed by atoms with Crippen molar-refractivity contribution in [1.29, 1.82) is 0 Å². The third kappa shape index (κ3) is 2.14. The maximum Gasteiger partial charge on any atom is 0.233 e. The van der Waals surface area contributed by atoms with Crippen LogP contribution in [-0.2, 0) is 4.79 Å². The van der Waals surface area contributed by atoms with Crippen molar-refractivity contribution in [1.82, 2.24) is 10.2 Å². The van der Waals surface area contributed by atoms with Crippen molar-refractivity contribution >= 4 is 11.6 Å². The van der Waals surface area contributed by atoms with E-state index in [0.29, 0.717) is 5.91 Å². The van der Waals surface area contributed by atoms with Crippen LogP contribution >= 0.6 is 0 Å². The fourth-order valence-corrected chi connectivity index (χ4v) is 4.02. The third-order valence-electron chi connectivity index (χ3n) is 5.31. The minimum atomic E-state index is -0.0656. The molecule has 4 nitrogen and oxygen atoms in total. The molecule has 1 saturated heterocycles. The third-order valence-corrected chi connectivity index (χ3v) is 5.31. The highest BCUT2D eigenvalue weighted by Gasteiger charge is 2.47. The summed E-state index contributed by atoms with van der Waals surface area (Å²) in [6.45, 7) is 0.855. The molecular formula is C18H21N3O. The van der Waals surface area contributed by atoms with Crippen LogP contribution < -0.4 is 4.90 Å². The van der Waals surface area contributed by atoms with E-state index in [1.165, 1.54) is 19.3 Å². The Morgan fingerprint density at radius 1 is 1.09 bits per heavy atom. The van der Waals surface area contributed by atoms with Gasteiger partial charge in [-0.25, -0.2) is 0 Å². The second-order valence-corrected chi connectivity index (χ2v) is 6.59. The Morgan fingerprint density at radius 2 is 1.95 bits per heavy atom. The first-order chi connectivity index (χ1) is 10.8. The van der Waals surface area contributed by atoms with E-state index >= 15 is 0 Å². The molecule has 0 atom stereocenters. The highest BCUT2D eigenvalue weighted by atomic mass is 16.2. The zero-order chi connectivity index (χ0) is 15.0. The molecule has 1 amide bonds. The van der Waals surface area contributed by atoms with E-state index in [1.807, 2.05) is 29.4 Å². The van der Waals surface area contributed by atoms with Crippen LogP contribution in [0.4, 0.5) is 5.69 Å². The molecule has 0 bridgehead atoms. The highest BCUT2D eigenvalue weighted by molar-refractivity contribution is 6.00. The van der Waals surface area contributed by atoms with E-state index in [0.717, 1.165) is 42.6 Å². The van der Waals surface area contributed by atoms with E-state index in [9.17, 15) is 4.79 Å². The number of carbonyl (C=O) groups excluding carboxylic acids is 1. The van der Waals surface area contributed by atoms with Crippen molar-refractivity contribution in [3.05, 3.63) is 36.7 Å². The Morgan fingerprint density at radius 3 is 2.73 bits per heavy atom. The summed E-state index contributed by atoms with van der Waals surface area (Å²) in [7, 11) is 0. The number of nitrogens with zero attached hydrogens (tertiary/aromatic N) is 2. The molecule has 2 aliphatic rings. The van der Waals surface area contributed by atoms with Gasteiger partial charge in [0.25, 0.3) is 0 Å². The van der Waals surface area contributed by atoms with E-state index in [2.05, 4.69) is 22.3 Å². The molecule has 0 radical (unpaired) electrons. The SMILES string of the molecule is O=C1N(c2cccc(-c3cn[nH]c3)c2)CCC12CCCCC2. The van der Waals surface area contributed by atoms with Crippen molar-refractivity contribution in [3.8, 4) is 11.1 Å². The number of benzene rings is 1. The fraction of sp³-hybridized carbons (Fsp3) is 0.444. The monoisotopic (exact) mass is 295 g/mol. The molecule has 4 rings (SSSR count). The number of hydrogen-bond donors (Lipinski definition) is 1. The van der Waals surface area contributed by atoms with Gasteiger partial charge < -0.3 is 4.90 Å². The number of carbonyl (C=O) groups is 1. The zero-order valence-electron chi connectivity index (χ0n) is 12.7. The number of rotatable bonds is 2. The molecular weight excluding hydrogens is 274 g/mol. The summed E-state index contributed by atoms with van der Waals surface area (Å²) >= 11 is 0. The summed E-state index contributed by atoms with van der Waals surface area (Å²) in [4.78, 5) is 15.0. The first-order valence-electron chi connectivity index (χ1n) is 8.20. The Balaban J connectivity index is 1.63. The van der Waals surface area contributed by atoms with Crippen molar-refractivity contribution < 1.29 is 4.79 Å². The number of anilines is 1. The number of amides is 1. The topological polar surface area (TPSA) is 49.0 Å². The molecule has 1 aromatic heterocycles. The van der Waals surface area contributed by atoms with Crippen LogP contribution in [0.1, 0.15) is 38.5 Å². The van der Waals surface area contributed by atoms with Gasteiger partial charge in [-0.05, 0) is 37.0 Å². The Kier molecular flexibility index (Phi) is 3.25. The number of H-pyrrole nitrogens is 1. The molecule has 0 unspecified atom stereocenters. The molecule has 114 valence electrons. The second kappa shape index (κ2) is 5.27. The van der Waals surface area contributed by atoms with E-state index < -0.39 is 0 Å². The summed E-state index contributed by atoms with van der Waals surface area (Å²) in [6, 6.07) is 8.23. The molecule has 2 heterocycles. The Bertz CT molecular complexity index is 671. The van der Waals surface area contributed by atoms with Crippen molar-refractivity contribution in [3.63, 3.8) is 0 Å². The van der Waals surface area contributed by atoms with Crippen LogP contribution in [0.2, 0.25) is 0 Å². The van der Waals surface area contributed by atoms with Gasteiger partial charge in [-0.3, -0.25) is 9.89 Å². The van der Waals surface area contributed by atoms with E-state index in [-0.39, 0.29) is 5.41 Å². The Hall–Kier alpha value is -2.10. The lowest BCUT2D eigenvalue weighted by Crippen LogP contribution is -2.36. The number of aromatic nitrogens is 2. The molecule has 2 aromatic rings. The number of nitrogens with one attached hydrogen (secondary N) is 1. The largest absolute Gasteiger partial charge is 0.312 e. The number of aromatic amines is 1. The molecule has 1 spiro atoms. The van der Waals surface area contributed by atoms with Crippen LogP contribution in [0.5, 0.6) is 0 Å². The maximum absolute atomic E-state index is 13.0. The summed E-state index contributed by atoms with van der Waals surface area (Å²) in [5, 5.41) is 6.85. The van der Waals surface area contributed by atoms with Crippen LogP contribution in [0.15, 0.2) is 36.7 Å². The summed E-state index contributed by atoms with van der Waals surface area (Å²) in [5.41, 5.74) is 3.11. The van der Waals surface area contributed by atoms with Crippen LogP contribution in [-0.4, -0.2) is 22.6 Å². The van der Waals surface area contributed by atoms with Gasteiger partial charge in [0.2, 0.25) is 5.91 Å². The van der Waals surface area contributed by atoms with Gasteiger partial charge in [0.05, 0.1) is 11.6 Å². The van der Waals surface area contributed by atoms with Crippen molar-refractivity contribution in [2.45, 2.75) is 38.5 Å². The minimum absolute atomic E-state index is 0.0656. The Labute approximate surface area is 130 Å². The second-order valence-electron chi connectivity index (χ2n) is 6.59. The van der Waals surface area contributed by atoms with Crippen LogP contribution in [0.3, 0.4) is 0 Å². The minimum Gasteiger partial charge on any atom is -0.312 e. The lowest BCUT2D eigenvalue weighted by molar-refractivity contribution is -0.127. The molecule has 22 heavy (non-hydrogen) atoms. The van der Waals surface area contributed by atoms with Gasteiger partial charge in [-0.2, -0.15) is 5.10 Å². The van der Waals surface area contributed by atoms with Gasteiger partial charge in [-0.1, -0.05) is 31.4 Å². The first kappa shape index (κ1) is 13.6. The fourth-order valence-electron chi connectivity index (χ4n) is 4.02. The lowest BCUT2D eigenvalue weighted by Gasteiger charge is -2.31. The molecule has 4 heteroatoms. The van der Waals surface area contributed by atoms with Gasteiger partial charge >= 0.3 is 0 Å². The summed E-state index contributed by atoms with van der Waals surface area (Å²) in [6.07, 6.45) is 10.5. The van der Waals surface area contributed by atoms with Gasteiger partial charge in [0, 0.05) is 24.0 Å². The van der Waals surface area contributed by atoms with Crippen molar-refractivity contribution in [2.24, 2.45) is 5.41 Å². The van der Waals surface area contributed by atoms with Crippen molar-refractivity contribution in [2.75, 3.05) is 11.4 Å². The normalized spacial score (nSPS) is 20.7. The lowest BCUT2D eigenvalue weighted by atomic mass is 9.73.